The standard InChI is InChI=1S/C14H26O5/c1-4-14(2,3)13(18)19-10-6-5-9(8-15)11(7-10)12(16)17/h9-11,13,15,18H,4-8H2,1-3H3,(H,16,17). The first-order valence-electron chi connectivity index (χ1n) is 6.99. The minimum atomic E-state index is -0.892. The van der Waals surface area contributed by atoms with Crippen LogP contribution in [0.15, 0.2) is 0 Å². The monoisotopic (exact) mass is 274 g/mol. The van der Waals surface area contributed by atoms with Crippen LogP contribution >= 0.6 is 0 Å². The van der Waals surface area contributed by atoms with Gasteiger partial charge in [-0.15, -0.1) is 0 Å². The zero-order valence-corrected chi connectivity index (χ0v) is 12.0. The average molecular weight is 274 g/mol. The summed E-state index contributed by atoms with van der Waals surface area (Å²) >= 11 is 0. The molecule has 0 aromatic rings. The Hall–Kier alpha value is -0.650. The molecule has 0 heterocycles. The molecule has 1 saturated carbocycles. The van der Waals surface area contributed by atoms with Crippen molar-refractivity contribution >= 4 is 5.97 Å². The molecular weight excluding hydrogens is 248 g/mol. The number of hydrogen-bond acceptors (Lipinski definition) is 4. The van der Waals surface area contributed by atoms with Crippen molar-refractivity contribution in [3.8, 4) is 0 Å². The highest BCUT2D eigenvalue weighted by Gasteiger charge is 2.37. The van der Waals surface area contributed by atoms with Crippen LogP contribution < -0.4 is 0 Å². The van der Waals surface area contributed by atoms with Crippen molar-refractivity contribution in [2.45, 2.75) is 58.8 Å². The number of ether oxygens (including phenoxy) is 1. The van der Waals surface area contributed by atoms with Crippen LogP contribution in [-0.2, 0) is 9.53 Å². The van der Waals surface area contributed by atoms with Gasteiger partial charge < -0.3 is 20.1 Å². The summed E-state index contributed by atoms with van der Waals surface area (Å²) in [7, 11) is 0. The molecule has 0 saturated heterocycles. The Morgan fingerprint density at radius 1 is 1.42 bits per heavy atom. The Morgan fingerprint density at radius 3 is 2.53 bits per heavy atom. The van der Waals surface area contributed by atoms with Crippen molar-refractivity contribution in [2.24, 2.45) is 17.3 Å². The van der Waals surface area contributed by atoms with Gasteiger partial charge in [0.25, 0.3) is 0 Å². The lowest BCUT2D eigenvalue weighted by Crippen LogP contribution is -2.40. The second-order valence-corrected chi connectivity index (χ2v) is 6.15. The molecule has 112 valence electrons. The van der Waals surface area contributed by atoms with E-state index in [1.807, 2.05) is 20.8 Å². The van der Waals surface area contributed by atoms with Gasteiger partial charge in [0.05, 0.1) is 12.0 Å². The van der Waals surface area contributed by atoms with Crippen LogP contribution in [0.2, 0.25) is 0 Å². The number of aliphatic hydroxyl groups excluding tert-OH is 2. The fraction of sp³-hybridized carbons (Fsp3) is 0.929. The van der Waals surface area contributed by atoms with E-state index >= 15 is 0 Å². The summed E-state index contributed by atoms with van der Waals surface area (Å²) in [5.74, 6) is -1.68. The number of rotatable bonds is 6. The SMILES string of the molecule is CCC(C)(C)C(O)OC1CCC(CO)C(C(=O)O)C1. The Bertz CT molecular complexity index is 302. The summed E-state index contributed by atoms with van der Waals surface area (Å²) < 4.78 is 5.63. The van der Waals surface area contributed by atoms with Gasteiger partial charge in [0.2, 0.25) is 0 Å². The topological polar surface area (TPSA) is 87.0 Å². The molecule has 5 nitrogen and oxygen atoms in total. The third kappa shape index (κ3) is 4.16. The molecule has 0 amide bonds. The van der Waals surface area contributed by atoms with Crippen LogP contribution in [0.4, 0.5) is 0 Å². The maximum absolute atomic E-state index is 11.2. The minimum Gasteiger partial charge on any atom is -0.481 e. The van der Waals surface area contributed by atoms with Gasteiger partial charge in [0, 0.05) is 12.0 Å². The van der Waals surface area contributed by atoms with E-state index in [4.69, 9.17) is 9.84 Å². The average Bonchev–Trinajstić information content (AvgIpc) is 2.38. The third-order valence-electron chi connectivity index (χ3n) is 4.40. The molecule has 19 heavy (non-hydrogen) atoms. The van der Waals surface area contributed by atoms with Gasteiger partial charge in [0.1, 0.15) is 0 Å². The predicted octanol–water partition coefficient (Wildman–Crippen LogP) is 1.62. The summed E-state index contributed by atoms with van der Waals surface area (Å²) in [5, 5.41) is 28.4. The summed E-state index contributed by atoms with van der Waals surface area (Å²) in [6.07, 6.45) is 1.32. The number of carbonyl (C=O) groups is 1. The normalized spacial score (nSPS) is 30.1. The van der Waals surface area contributed by atoms with E-state index in [1.165, 1.54) is 0 Å². The molecule has 0 radical (unpaired) electrons. The first kappa shape index (κ1) is 16.4. The second kappa shape index (κ2) is 6.68. The molecule has 0 bridgehead atoms. The first-order chi connectivity index (χ1) is 8.81. The van der Waals surface area contributed by atoms with Gasteiger partial charge in [-0.3, -0.25) is 4.79 Å². The molecule has 4 unspecified atom stereocenters. The van der Waals surface area contributed by atoms with Crippen LogP contribution in [-0.4, -0.2) is 40.3 Å². The fourth-order valence-electron chi connectivity index (χ4n) is 2.38. The maximum Gasteiger partial charge on any atom is 0.306 e. The van der Waals surface area contributed by atoms with Crippen molar-refractivity contribution in [1.82, 2.24) is 0 Å². The zero-order valence-electron chi connectivity index (χ0n) is 12.0. The highest BCUT2D eigenvalue weighted by molar-refractivity contribution is 5.70. The lowest BCUT2D eigenvalue weighted by molar-refractivity contribution is -0.206. The molecule has 0 aromatic carbocycles. The summed E-state index contributed by atoms with van der Waals surface area (Å²) in [6, 6.07) is 0. The molecule has 1 aliphatic rings. The van der Waals surface area contributed by atoms with Gasteiger partial charge in [-0.25, -0.2) is 0 Å². The van der Waals surface area contributed by atoms with Gasteiger partial charge in [0.15, 0.2) is 6.29 Å². The fourth-order valence-corrected chi connectivity index (χ4v) is 2.38. The Morgan fingerprint density at radius 2 is 2.05 bits per heavy atom. The molecule has 5 heteroatoms. The van der Waals surface area contributed by atoms with E-state index in [0.717, 1.165) is 6.42 Å². The summed E-state index contributed by atoms with van der Waals surface area (Å²) in [4.78, 5) is 11.2. The number of aliphatic hydroxyl groups is 2. The summed E-state index contributed by atoms with van der Waals surface area (Å²) in [5.41, 5.74) is -0.341. The largest absolute Gasteiger partial charge is 0.481 e. The predicted molar refractivity (Wildman–Crippen MR) is 70.5 cm³/mol. The van der Waals surface area contributed by atoms with Crippen molar-refractivity contribution in [1.29, 1.82) is 0 Å². The van der Waals surface area contributed by atoms with Gasteiger partial charge >= 0.3 is 5.97 Å². The minimum absolute atomic E-state index is 0.104. The van der Waals surface area contributed by atoms with Crippen molar-refractivity contribution in [3.63, 3.8) is 0 Å². The van der Waals surface area contributed by atoms with Crippen molar-refractivity contribution in [3.05, 3.63) is 0 Å². The molecule has 1 rings (SSSR count). The highest BCUT2D eigenvalue weighted by atomic mass is 16.6. The Kier molecular flexibility index (Phi) is 5.77. The molecule has 0 aliphatic heterocycles. The third-order valence-corrected chi connectivity index (χ3v) is 4.40. The number of carboxylic acid groups (broad SMARTS) is 1. The lowest BCUT2D eigenvalue weighted by atomic mass is 9.78. The Balaban J connectivity index is 2.60. The number of carboxylic acids is 1. The van der Waals surface area contributed by atoms with E-state index < -0.39 is 18.2 Å². The van der Waals surface area contributed by atoms with Crippen LogP contribution in [0.5, 0.6) is 0 Å². The smallest absolute Gasteiger partial charge is 0.306 e. The van der Waals surface area contributed by atoms with E-state index in [9.17, 15) is 15.0 Å². The highest BCUT2D eigenvalue weighted by Crippen LogP contribution is 2.34. The molecule has 1 aliphatic carbocycles. The van der Waals surface area contributed by atoms with Crippen LogP contribution in [0.3, 0.4) is 0 Å². The van der Waals surface area contributed by atoms with Gasteiger partial charge in [-0.05, 0) is 31.6 Å². The summed E-state index contributed by atoms with van der Waals surface area (Å²) in [6.45, 7) is 5.72. The Labute approximate surface area is 114 Å². The van der Waals surface area contributed by atoms with Crippen molar-refractivity contribution in [2.75, 3.05) is 6.61 Å². The van der Waals surface area contributed by atoms with Crippen LogP contribution in [0.1, 0.15) is 46.5 Å². The van der Waals surface area contributed by atoms with E-state index in [2.05, 4.69) is 0 Å². The van der Waals surface area contributed by atoms with E-state index in [1.54, 1.807) is 0 Å². The second-order valence-electron chi connectivity index (χ2n) is 6.15. The van der Waals surface area contributed by atoms with Gasteiger partial charge in [-0.1, -0.05) is 20.8 Å². The van der Waals surface area contributed by atoms with Crippen molar-refractivity contribution < 1.29 is 24.9 Å². The molecular formula is C14H26O5. The van der Waals surface area contributed by atoms with Crippen LogP contribution in [0, 0.1) is 17.3 Å². The molecule has 3 N–H and O–H groups in total. The van der Waals surface area contributed by atoms with Crippen LogP contribution in [0.25, 0.3) is 0 Å². The quantitative estimate of drug-likeness (QED) is 0.641. The maximum atomic E-state index is 11.2. The number of aliphatic carboxylic acids is 1. The molecule has 4 atom stereocenters. The van der Waals surface area contributed by atoms with Gasteiger partial charge in [-0.2, -0.15) is 0 Å². The zero-order chi connectivity index (χ0) is 14.6. The molecule has 1 fully saturated rings. The lowest BCUT2D eigenvalue weighted by Gasteiger charge is -2.37. The molecule has 0 aromatic heterocycles. The van der Waals surface area contributed by atoms with E-state index in [-0.39, 0.29) is 24.0 Å². The van der Waals surface area contributed by atoms with E-state index in [0.29, 0.717) is 19.3 Å². The molecule has 0 spiro atoms. The first-order valence-corrected chi connectivity index (χ1v) is 6.99. The number of hydrogen-bond donors (Lipinski definition) is 3.